The molecule has 0 aromatic heterocycles. The van der Waals surface area contributed by atoms with Crippen LogP contribution < -0.4 is 5.73 Å². The Balaban J connectivity index is 3.74. The second kappa shape index (κ2) is 3.08. The summed E-state index contributed by atoms with van der Waals surface area (Å²) in [6.07, 6.45) is -0.268. The van der Waals surface area contributed by atoms with Crippen LogP contribution in [0.1, 0.15) is 0 Å². The van der Waals surface area contributed by atoms with Crippen molar-refractivity contribution in [2.75, 3.05) is 6.16 Å². The van der Waals surface area contributed by atoms with Crippen molar-refractivity contribution in [3.8, 4) is 0 Å². The lowest BCUT2D eigenvalue weighted by Crippen LogP contribution is -2.25. The van der Waals surface area contributed by atoms with Crippen molar-refractivity contribution >= 4 is 13.9 Å². The molecule has 0 aliphatic rings. The molecule has 1 unspecified atom stereocenters. The van der Waals surface area contributed by atoms with Gasteiger partial charge in [-0.3, -0.25) is 4.57 Å². The molecule has 0 amide bonds. The predicted molar refractivity (Wildman–Crippen MR) is 31.0 cm³/mol. The molecule has 0 spiro atoms. The summed E-state index contributed by atoms with van der Waals surface area (Å²) < 4.78 is 10.1. The van der Waals surface area contributed by atoms with Gasteiger partial charge in [0.15, 0.2) is 0 Å². The van der Waals surface area contributed by atoms with Crippen LogP contribution in [-0.2, 0) is 9.36 Å². The minimum absolute atomic E-state index is 0.305. The fourth-order valence-corrected chi connectivity index (χ4v) is 0.953. The van der Waals surface area contributed by atoms with Crippen LogP contribution in [0.5, 0.6) is 0 Å². The summed E-state index contributed by atoms with van der Waals surface area (Å²) in [5.41, 5.74) is 4.90. The Morgan fingerprint density at radius 3 is 2.22 bits per heavy atom. The zero-order valence-corrected chi connectivity index (χ0v) is 5.49. The third-order valence-corrected chi connectivity index (χ3v) is 1.52. The Bertz CT molecular complexity index is 141. The first kappa shape index (κ1) is 8.78. The van der Waals surface area contributed by atoms with Crippen LogP contribution in [-0.4, -0.2) is 28.3 Å². The standard InChI is InChI=1S/C3H8NO4P/c4-3(1-5)2-9(6,7)8/h1,3H,2,4H2,(H2,6,7,8). The van der Waals surface area contributed by atoms with E-state index in [2.05, 4.69) is 0 Å². The van der Waals surface area contributed by atoms with Crippen molar-refractivity contribution in [3.63, 3.8) is 0 Å². The largest absolute Gasteiger partial charge is 0.327 e. The highest BCUT2D eigenvalue weighted by Gasteiger charge is 2.17. The molecule has 0 aromatic carbocycles. The first-order valence-corrected chi connectivity index (χ1v) is 4.01. The van der Waals surface area contributed by atoms with E-state index in [9.17, 15) is 9.36 Å². The molecule has 0 fully saturated rings. The lowest BCUT2D eigenvalue weighted by Gasteiger charge is -2.03. The van der Waals surface area contributed by atoms with Crippen LogP contribution in [0.3, 0.4) is 0 Å². The highest BCUT2D eigenvalue weighted by Crippen LogP contribution is 2.33. The van der Waals surface area contributed by atoms with Gasteiger partial charge >= 0.3 is 7.60 Å². The molecule has 0 heterocycles. The minimum atomic E-state index is -4.09. The number of nitrogens with two attached hydrogens (primary N) is 1. The molecule has 4 N–H and O–H groups in total. The van der Waals surface area contributed by atoms with Crippen LogP contribution in [0.4, 0.5) is 0 Å². The Hall–Kier alpha value is -0.220. The van der Waals surface area contributed by atoms with Gasteiger partial charge in [-0.1, -0.05) is 0 Å². The lowest BCUT2D eigenvalue weighted by atomic mass is 10.4. The second-order valence-electron chi connectivity index (χ2n) is 1.65. The Kier molecular flexibility index (Phi) is 3.00. The fourth-order valence-electron chi connectivity index (χ4n) is 0.318. The molecule has 0 aromatic rings. The summed E-state index contributed by atoms with van der Waals surface area (Å²) in [4.78, 5) is 26.1. The SMILES string of the molecule is NC(C=O)CP(=O)(O)O. The number of hydrogen-bond acceptors (Lipinski definition) is 3. The molecule has 0 aliphatic carbocycles. The van der Waals surface area contributed by atoms with E-state index in [4.69, 9.17) is 15.5 Å². The number of aldehydes is 1. The fraction of sp³-hybridized carbons (Fsp3) is 0.667. The van der Waals surface area contributed by atoms with Crippen LogP contribution in [0.25, 0.3) is 0 Å². The molecule has 0 bridgehead atoms. The molecule has 5 nitrogen and oxygen atoms in total. The second-order valence-corrected chi connectivity index (χ2v) is 3.34. The van der Waals surface area contributed by atoms with E-state index >= 15 is 0 Å². The summed E-state index contributed by atoms with van der Waals surface area (Å²) in [5.74, 6) is 0. The van der Waals surface area contributed by atoms with Gasteiger partial charge in [-0.05, 0) is 0 Å². The quantitative estimate of drug-likeness (QED) is 0.345. The Morgan fingerprint density at radius 1 is 1.67 bits per heavy atom. The van der Waals surface area contributed by atoms with Crippen molar-refractivity contribution < 1.29 is 19.1 Å². The third kappa shape index (κ3) is 5.65. The number of carbonyl (C=O) groups is 1. The smallest absolute Gasteiger partial charge is 0.324 e. The van der Waals surface area contributed by atoms with Gasteiger partial charge in [-0.2, -0.15) is 0 Å². The topological polar surface area (TPSA) is 101 Å². The van der Waals surface area contributed by atoms with Crippen molar-refractivity contribution in [2.45, 2.75) is 6.04 Å². The van der Waals surface area contributed by atoms with Crippen LogP contribution >= 0.6 is 7.60 Å². The van der Waals surface area contributed by atoms with Crippen molar-refractivity contribution in [2.24, 2.45) is 5.73 Å². The van der Waals surface area contributed by atoms with Gasteiger partial charge in [0.2, 0.25) is 0 Å². The van der Waals surface area contributed by atoms with Crippen molar-refractivity contribution in [1.29, 1.82) is 0 Å². The first-order valence-electron chi connectivity index (χ1n) is 2.21. The van der Waals surface area contributed by atoms with Crippen molar-refractivity contribution in [3.05, 3.63) is 0 Å². The first-order chi connectivity index (χ1) is 3.95. The van der Waals surface area contributed by atoms with E-state index in [0.717, 1.165) is 0 Å². The molecular weight excluding hydrogens is 145 g/mol. The normalized spacial score (nSPS) is 15.0. The summed E-state index contributed by atoms with van der Waals surface area (Å²) >= 11 is 0. The van der Waals surface area contributed by atoms with Crippen molar-refractivity contribution in [1.82, 2.24) is 0 Å². The van der Waals surface area contributed by atoms with E-state index < -0.39 is 19.8 Å². The van der Waals surface area contributed by atoms with Crippen LogP contribution in [0, 0.1) is 0 Å². The minimum Gasteiger partial charge on any atom is -0.324 e. The zero-order valence-electron chi connectivity index (χ0n) is 4.60. The summed E-state index contributed by atoms with van der Waals surface area (Å²) in [7, 11) is -4.09. The van der Waals surface area contributed by atoms with Gasteiger partial charge in [0.05, 0.1) is 12.2 Å². The number of hydrogen-bond donors (Lipinski definition) is 3. The van der Waals surface area contributed by atoms with E-state index in [1.54, 1.807) is 0 Å². The van der Waals surface area contributed by atoms with E-state index in [1.165, 1.54) is 0 Å². The van der Waals surface area contributed by atoms with Gasteiger partial charge in [0.25, 0.3) is 0 Å². The molecule has 9 heavy (non-hydrogen) atoms. The Morgan fingerprint density at radius 2 is 2.11 bits per heavy atom. The van der Waals surface area contributed by atoms with Gasteiger partial charge in [0, 0.05) is 0 Å². The number of rotatable bonds is 3. The van der Waals surface area contributed by atoms with E-state index in [0.29, 0.717) is 6.29 Å². The zero-order chi connectivity index (χ0) is 7.49. The highest BCUT2D eigenvalue weighted by molar-refractivity contribution is 7.51. The molecule has 0 aliphatic heterocycles. The monoisotopic (exact) mass is 153 g/mol. The van der Waals surface area contributed by atoms with Gasteiger partial charge < -0.3 is 20.3 Å². The molecule has 6 heteroatoms. The lowest BCUT2D eigenvalue weighted by molar-refractivity contribution is -0.108. The maximum atomic E-state index is 10.1. The molecule has 0 saturated heterocycles. The van der Waals surface area contributed by atoms with Gasteiger partial charge in [-0.25, -0.2) is 0 Å². The maximum Gasteiger partial charge on any atom is 0.327 e. The third-order valence-electron chi connectivity index (χ3n) is 0.623. The average molecular weight is 153 g/mol. The van der Waals surface area contributed by atoms with Gasteiger partial charge in [-0.15, -0.1) is 0 Å². The summed E-state index contributed by atoms with van der Waals surface area (Å²) in [6.45, 7) is 0. The van der Waals surface area contributed by atoms with Crippen LogP contribution in [0.15, 0.2) is 0 Å². The molecule has 1 atom stereocenters. The van der Waals surface area contributed by atoms with E-state index in [-0.39, 0.29) is 0 Å². The number of carbonyl (C=O) groups excluding carboxylic acids is 1. The summed E-state index contributed by atoms with van der Waals surface area (Å²) in [5, 5.41) is 0. The molecular formula is C3H8NO4P. The summed E-state index contributed by atoms with van der Waals surface area (Å²) in [6, 6.07) is -1.05. The highest BCUT2D eigenvalue weighted by atomic mass is 31.2. The van der Waals surface area contributed by atoms with Crippen LogP contribution in [0.2, 0.25) is 0 Å². The average Bonchev–Trinajstić information content (AvgIpc) is 1.62. The van der Waals surface area contributed by atoms with E-state index in [1.807, 2.05) is 0 Å². The maximum absolute atomic E-state index is 10.1. The molecule has 0 saturated carbocycles. The molecule has 0 rings (SSSR count). The van der Waals surface area contributed by atoms with Gasteiger partial charge in [0.1, 0.15) is 6.29 Å². The molecule has 0 radical (unpaired) electrons. The predicted octanol–water partition coefficient (Wildman–Crippen LogP) is -1.31. The Labute approximate surface area is 52.0 Å². The molecule has 54 valence electrons.